The molecule has 1 saturated carbocycles. The van der Waals surface area contributed by atoms with E-state index < -0.39 is 0 Å². The number of benzene rings is 1. The van der Waals surface area contributed by atoms with Gasteiger partial charge in [-0.15, -0.1) is 12.4 Å². The van der Waals surface area contributed by atoms with E-state index in [1.54, 1.807) is 0 Å². The fourth-order valence-corrected chi connectivity index (χ4v) is 2.48. The fraction of sp³-hybridized carbons (Fsp3) is 0.467. The zero-order valence-electron chi connectivity index (χ0n) is 11.8. The first-order chi connectivity index (χ1) is 9.74. The Morgan fingerprint density at radius 2 is 2.10 bits per heavy atom. The van der Waals surface area contributed by atoms with Crippen molar-refractivity contribution in [2.45, 2.75) is 31.7 Å². The maximum atomic E-state index is 12.2. The second kappa shape index (κ2) is 6.80. The van der Waals surface area contributed by atoms with Gasteiger partial charge in [0, 0.05) is 23.8 Å². The fourth-order valence-electron chi connectivity index (χ4n) is 2.48. The molecular weight excluding hydrogens is 290 g/mol. The maximum absolute atomic E-state index is 12.2. The van der Waals surface area contributed by atoms with Gasteiger partial charge in [-0.25, -0.2) is 0 Å². The van der Waals surface area contributed by atoms with Crippen LogP contribution in [0.15, 0.2) is 18.2 Å². The van der Waals surface area contributed by atoms with Crippen LogP contribution in [-0.4, -0.2) is 30.9 Å². The minimum absolute atomic E-state index is 0. The number of nitrogens with one attached hydrogen (secondary N) is 3. The quantitative estimate of drug-likeness (QED) is 0.789. The Morgan fingerprint density at radius 1 is 1.29 bits per heavy atom. The highest BCUT2D eigenvalue weighted by atomic mass is 35.5. The zero-order valence-corrected chi connectivity index (χ0v) is 12.6. The second-order valence-electron chi connectivity index (χ2n) is 5.39. The maximum Gasteiger partial charge on any atom is 0.252 e. The molecule has 114 valence electrons. The van der Waals surface area contributed by atoms with E-state index in [0.29, 0.717) is 11.6 Å². The van der Waals surface area contributed by atoms with E-state index in [0.717, 1.165) is 43.5 Å². The van der Waals surface area contributed by atoms with Crippen LogP contribution in [0.5, 0.6) is 0 Å². The van der Waals surface area contributed by atoms with E-state index in [1.807, 2.05) is 18.2 Å². The molecule has 1 fully saturated rings. The molecule has 3 N–H and O–H groups in total. The highest BCUT2D eigenvalue weighted by molar-refractivity contribution is 5.99. The summed E-state index contributed by atoms with van der Waals surface area (Å²) in [5, 5.41) is 8.86. The van der Waals surface area contributed by atoms with Gasteiger partial charge in [-0.2, -0.15) is 0 Å². The van der Waals surface area contributed by atoms with Crippen molar-refractivity contribution in [2.75, 3.05) is 18.4 Å². The monoisotopic (exact) mass is 309 g/mol. The normalized spacial score (nSPS) is 16.0. The van der Waals surface area contributed by atoms with Crippen molar-refractivity contribution in [3.05, 3.63) is 29.3 Å². The molecule has 21 heavy (non-hydrogen) atoms. The summed E-state index contributed by atoms with van der Waals surface area (Å²) in [5.41, 5.74) is 2.76. The molecule has 1 aliphatic heterocycles. The highest BCUT2D eigenvalue weighted by Crippen LogP contribution is 2.25. The van der Waals surface area contributed by atoms with Crippen molar-refractivity contribution < 1.29 is 9.59 Å². The molecule has 3 rings (SSSR count). The van der Waals surface area contributed by atoms with Gasteiger partial charge in [-0.1, -0.05) is 6.07 Å². The van der Waals surface area contributed by atoms with Gasteiger partial charge in [-0.05, 0) is 43.4 Å². The second-order valence-corrected chi connectivity index (χ2v) is 5.39. The molecule has 0 radical (unpaired) electrons. The van der Waals surface area contributed by atoms with Gasteiger partial charge in [-0.3, -0.25) is 9.59 Å². The lowest BCUT2D eigenvalue weighted by Gasteiger charge is -2.20. The van der Waals surface area contributed by atoms with Gasteiger partial charge in [0.15, 0.2) is 0 Å². The molecule has 1 aromatic carbocycles. The van der Waals surface area contributed by atoms with Crippen LogP contribution in [0, 0.1) is 0 Å². The molecule has 2 aliphatic rings. The van der Waals surface area contributed by atoms with E-state index >= 15 is 0 Å². The summed E-state index contributed by atoms with van der Waals surface area (Å²) in [6.07, 6.45) is 4.04. The lowest BCUT2D eigenvalue weighted by atomic mass is 9.97. The van der Waals surface area contributed by atoms with Crippen LogP contribution in [-0.2, 0) is 11.2 Å². The first kappa shape index (κ1) is 15.6. The molecule has 2 amide bonds. The average molecular weight is 310 g/mol. The number of halogens is 1. The van der Waals surface area contributed by atoms with Crippen molar-refractivity contribution in [1.82, 2.24) is 10.6 Å². The molecule has 1 aromatic rings. The topological polar surface area (TPSA) is 70.2 Å². The predicted octanol–water partition coefficient (Wildman–Crippen LogP) is 1.47. The third-order valence-corrected chi connectivity index (χ3v) is 3.69. The third kappa shape index (κ3) is 3.88. The Kier molecular flexibility index (Phi) is 5.07. The molecule has 5 nitrogen and oxygen atoms in total. The van der Waals surface area contributed by atoms with Crippen molar-refractivity contribution in [3.63, 3.8) is 0 Å². The molecule has 0 saturated heterocycles. The van der Waals surface area contributed by atoms with Crippen molar-refractivity contribution in [2.24, 2.45) is 0 Å². The van der Waals surface area contributed by atoms with Crippen molar-refractivity contribution in [3.8, 4) is 0 Å². The summed E-state index contributed by atoms with van der Waals surface area (Å²) in [4.78, 5) is 23.8. The Morgan fingerprint density at radius 3 is 2.86 bits per heavy atom. The first-order valence-corrected chi connectivity index (χ1v) is 7.17. The number of fused-ring (bicyclic) bond motifs is 1. The van der Waals surface area contributed by atoms with Crippen molar-refractivity contribution >= 4 is 29.9 Å². The smallest absolute Gasteiger partial charge is 0.252 e. The van der Waals surface area contributed by atoms with Crippen LogP contribution in [0.4, 0.5) is 5.69 Å². The van der Waals surface area contributed by atoms with Crippen LogP contribution in [0.2, 0.25) is 0 Å². The van der Waals surface area contributed by atoms with Crippen LogP contribution in [0.1, 0.15) is 35.2 Å². The average Bonchev–Trinajstić information content (AvgIpc) is 3.28. The molecule has 0 spiro atoms. The zero-order chi connectivity index (χ0) is 13.9. The Bertz CT molecular complexity index is 544. The molecule has 0 unspecified atom stereocenters. The number of anilines is 1. The number of amides is 2. The summed E-state index contributed by atoms with van der Waals surface area (Å²) in [7, 11) is 0. The third-order valence-electron chi connectivity index (χ3n) is 3.69. The molecular formula is C15H20ClN3O2. The molecule has 1 heterocycles. The first-order valence-electron chi connectivity index (χ1n) is 7.17. The van der Waals surface area contributed by atoms with Gasteiger partial charge in [0.1, 0.15) is 0 Å². The minimum Gasteiger partial charge on any atom is -0.385 e. The summed E-state index contributed by atoms with van der Waals surface area (Å²) >= 11 is 0. The molecule has 6 heteroatoms. The molecule has 1 aliphatic carbocycles. The Labute approximate surface area is 130 Å². The van der Waals surface area contributed by atoms with Crippen LogP contribution in [0.25, 0.3) is 0 Å². The van der Waals surface area contributed by atoms with E-state index in [9.17, 15) is 9.59 Å². The largest absolute Gasteiger partial charge is 0.385 e. The van der Waals surface area contributed by atoms with Gasteiger partial charge >= 0.3 is 0 Å². The summed E-state index contributed by atoms with van der Waals surface area (Å²) < 4.78 is 0. The van der Waals surface area contributed by atoms with Crippen LogP contribution < -0.4 is 16.0 Å². The number of carbonyl (C=O) groups excluding carboxylic acids is 2. The SMILES string of the molecule is Cl.O=C(CNC(=O)c1cccc2c1CCCN2)NC1CC1. The van der Waals surface area contributed by atoms with E-state index in [1.165, 1.54) is 0 Å². The van der Waals surface area contributed by atoms with Gasteiger partial charge in [0.25, 0.3) is 5.91 Å². The summed E-state index contributed by atoms with van der Waals surface area (Å²) in [6, 6.07) is 6.01. The Hall–Kier alpha value is -1.75. The summed E-state index contributed by atoms with van der Waals surface area (Å²) in [6.45, 7) is 0.994. The van der Waals surface area contributed by atoms with Gasteiger partial charge in [0.2, 0.25) is 5.91 Å². The number of hydrogen-bond acceptors (Lipinski definition) is 3. The van der Waals surface area contributed by atoms with E-state index in [2.05, 4.69) is 16.0 Å². The summed E-state index contributed by atoms with van der Waals surface area (Å²) in [5.74, 6) is -0.278. The van der Waals surface area contributed by atoms with Gasteiger partial charge in [0.05, 0.1) is 6.54 Å². The minimum atomic E-state index is -0.170. The number of carbonyl (C=O) groups is 2. The lowest BCUT2D eigenvalue weighted by Crippen LogP contribution is -2.38. The van der Waals surface area contributed by atoms with E-state index in [4.69, 9.17) is 0 Å². The molecule has 0 atom stereocenters. The number of hydrogen-bond donors (Lipinski definition) is 3. The number of rotatable bonds is 4. The predicted molar refractivity (Wildman–Crippen MR) is 84.0 cm³/mol. The van der Waals surface area contributed by atoms with E-state index in [-0.39, 0.29) is 30.8 Å². The highest BCUT2D eigenvalue weighted by Gasteiger charge is 2.23. The van der Waals surface area contributed by atoms with Crippen LogP contribution >= 0.6 is 12.4 Å². The van der Waals surface area contributed by atoms with Crippen molar-refractivity contribution in [1.29, 1.82) is 0 Å². The lowest BCUT2D eigenvalue weighted by molar-refractivity contribution is -0.120. The standard InChI is InChI=1S/C15H19N3O2.ClH/c19-14(18-10-6-7-10)9-17-15(20)12-3-1-5-13-11(12)4-2-8-16-13;/h1,3,5,10,16H,2,4,6-9H2,(H,17,20)(H,18,19);1H. The Balaban J connectivity index is 0.00000161. The van der Waals surface area contributed by atoms with Crippen LogP contribution in [0.3, 0.4) is 0 Å². The molecule has 0 bridgehead atoms. The van der Waals surface area contributed by atoms with Gasteiger partial charge < -0.3 is 16.0 Å². The molecule has 0 aromatic heterocycles.